The first kappa shape index (κ1) is 32.9. The minimum Gasteiger partial charge on any atom is -0.448 e. The van der Waals surface area contributed by atoms with Gasteiger partial charge < -0.3 is 29.0 Å². The molecule has 256 valence electrons. The van der Waals surface area contributed by atoms with Gasteiger partial charge in [-0.25, -0.2) is 0 Å². The number of carbonyl (C=O) groups excluding carboxylic acids is 1. The molecule has 3 aromatic rings. The number of amides is 1. The van der Waals surface area contributed by atoms with Crippen molar-refractivity contribution in [2.24, 2.45) is 5.92 Å². The molecule has 2 fully saturated rings. The molecular formula is C39H50N4O5. The molecule has 9 heteroatoms. The third-order valence-electron chi connectivity index (χ3n) is 11.3. The first-order valence-electron chi connectivity index (χ1n) is 17.6. The van der Waals surface area contributed by atoms with Crippen LogP contribution >= 0.6 is 0 Å². The summed E-state index contributed by atoms with van der Waals surface area (Å²) in [6, 6.07) is 11.3. The molecule has 3 aliphatic heterocycles. The molecule has 1 saturated heterocycles. The Bertz CT molecular complexity index is 1750. The fourth-order valence-electron chi connectivity index (χ4n) is 8.38. The Kier molecular flexibility index (Phi) is 8.89. The van der Waals surface area contributed by atoms with Crippen LogP contribution in [-0.4, -0.2) is 84.4 Å². The van der Waals surface area contributed by atoms with Gasteiger partial charge in [-0.3, -0.25) is 14.5 Å². The second-order valence-corrected chi connectivity index (χ2v) is 14.7. The highest BCUT2D eigenvalue weighted by Gasteiger charge is 2.49. The van der Waals surface area contributed by atoms with Crippen LogP contribution in [0.4, 0.5) is 0 Å². The van der Waals surface area contributed by atoms with Crippen LogP contribution < -0.4 is 15.0 Å². The number of ether oxygens (including phenoxy) is 3. The van der Waals surface area contributed by atoms with E-state index in [2.05, 4.69) is 60.1 Å². The van der Waals surface area contributed by atoms with Crippen molar-refractivity contribution in [2.75, 3.05) is 46.9 Å². The molecule has 4 aliphatic rings. The van der Waals surface area contributed by atoms with Crippen molar-refractivity contribution in [2.45, 2.75) is 84.7 Å². The van der Waals surface area contributed by atoms with Crippen LogP contribution in [0.2, 0.25) is 0 Å². The molecule has 1 aliphatic carbocycles. The topological polar surface area (TPSA) is 87.3 Å². The zero-order valence-electron chi connectivity index (χ0n) is 29.4. The van der Waals surface area contributed by atoms with E-state index in [-0.39, 0.29) is 23.9 Å². The van der Waals surface area contributed by atoms with E-state index in [1.165, 1.54) is 5.56 Å². The van der Waals surface area contributed by atoms with E-state index >= 15 is 0 Å². The fraction of sp³-hybridized carbons (Fsp3) is 0.538. The minimum atomic E-state index is -0.811. The van der Waals surface area contributed by atoms with Crippen LogP contribution in [0.5, 0.6) is 11.5 Å². The number of nitrogens with zero attached hydrogens (tertiary/aromatic N) is 3. The monoisotopic (exact) mass is 654 g/mol. The van der Waals surface area contributed by atoms with E-state index in [4.69, 9.17) is 14.2 Å². The van der Waals surface area contributed by atoms with Crippen molar-refractivity contribution in [3.8, 4) is 22.6 Å². The molecule has 4 heterocycles. The van der Waals surface area contributed by atoms with Gasteiger partial charge in [0.25, 0.3) is 17.3 Å². The average Bonchev–Trinajstić information content (AvgIpc) is 3.43. The molecule has 0 radical (unpaired) electrons. The number of pyridine rings is 1. The normalized spacial score (nSPS) is 24.3. The summed E-state index contributed by atoms with van der Waals surface area (Å²) in [4.78, 5) is 36.9. The van der Waals surface area contributed by atoms with Crippen LogP contribution in [-0.2, 0) is 24.2 Å². The number of aryl methyl sites for hydroxylation is 2. The molecule has 9 nitrogen and oxygen atoms in total. The van der Waals surface area contributed by atoms with Gasteiger partial charge >= 0.3 is 0 Å². The van der Waals surface area contributed by atoms with E-state index in [0.717, 1.165) is 97.8 Å². The number of hydrogen-bond acceptors (Lipinski definition) is 7. The number of nitrogens with one attached hydrogen (secondary N) is 1. The lowest BCUT2D eigenvalue weighted by Gasteiger charge is -2.39. The molecule has 1 unspecified atom stereocenters. The summed E-state index contributed by atoms with van der Waals surface area (Å²) in [5.41, 5.74) is 7.97. The van der Waals surface area contributed by atoms with Crippen molar-refractivity contribution in [3.05, 3.63) is 79.8 Å². The van der Waals surface area contributed by atoms with Gasteiger partial charge in [-0.2, -0.15) is 0 Å². The van der Waals surface area contributed by atoms with E-state index in [0.29, 0.717) is 35.9 Å². The van der Waals surface area contributed by atoms with Gasteiger partial charge in [0.05, 0.1) is 25.3 Å². The Hall–Kier alpha value is -3.66. The Morgan fingerprint density at radius 1 is 0.896 bits per heavy atom. The third kappa shape index (κ3) is 6.05. The Labute approximate surface area is 284 Å². The zero-order chi connectivity index (χ0) is 33.7. The first-order chi connectivity index (χ1) is 23.0. The van der Waals surface area contributed by atoms with E-state index < -0.39 is 5.79 Å². The highest BCUT2D eigenvalue weighted by Crippen LogP contribution is 2.55. The quantitative estimate of drug-likeness (QED) is 0.355. The molecule has 2 aromatic carbocycles. The number of hydrogen-bond donors (Lipinski definition) is 1. The fourth-order valence-corrected chi connectivity index (χ4v) is 8.38. The molecule has 48 heavy (non-hydrogen) atoms. The predicted octanol–water partition coefficient (Wildman–Crippen LogP) is 5.61. The molecule has 0 bridgehead atoms. The van der Waals surface area contributed by atoms with E-state index in [1.807, 2.05) is 31.7 Å². The lowest BCUT2D eigenvalue weighted by molar-refractivity contribution is -0.123. The Morgan fingerprint density at radius 3 is 2.25 bits per heavy atom. The van der Waals surface area contributed by atoms with Crippen LogP contribution in [0.15, 0.2) is 35.1 Å². The van der Waals surface area contributed by atoms with Gasteiger partial charge in [0.15, 0.2) is 11.5 Å². The van der Waals surface area contributed by atoms with Crippen LogP contribution in [0.3, 0.4) is 0 Å². The van der Waals surface area contributed by atoms with Crippen molar-refractivity contribution >= 4 is 5.91 Å². The predicted molar refractivity (Wildman–Crippen MR) is 187 cm³/mol. The number of fused-ring (bicyclic) bond motifs is 2. The number of carbonyl (C=O) groups is 1. The molecule has 1 amide bonds. The van der Waals surface area contributed by atoms with Gasteiger partial charge in [0.2, 0.25) is 0 Å². The van der Waals surface area contributed by atoms with Gasteiger partial charge in [-0.15, -0.1) is 0 Å². The molecule has 1 atom stereocenters. The Morgan fingerprint density at radius 2 is 1.58 bits per heavy atom. The first-order valence-corrected chi connectivity index (χ1v) is 17.6. The van der Waals surface area contributed by atoms with Gasteiger partial charge in [0.1, 0.15) is 0 Å². The van der Waals surface area contributed by atoms with Crippen molar-refractivity contribution < 1.29 is 19.0 Å². The highest BCUT2D eigenvalue weighted by molar-refractivity contribution is 6.02. The maximum atomic E-state index is 14.5. The summed E-state index contributed by atoms with van der Waals surface area (Å²) in [5, 5.41) is 0. The minimum absolute atomic E-state index is 0.0650. The number of aromatic amines is 1. The maximum Gasteiger partial charge on any atom is 0.254 e. The highest BCUT2D eigenvalue weighted by atomic mass is 16.7. The van der Waals surface area contributed by atoms with Crippen LogP contribution in [0, 0.1) is 26.7 Å². The second kappa shape index (κ2) is 13.0. The van der Waals surface area contributed by atoms with Gasteiger partial charge in [-0.05, 0) is 95.3 Å². The third-order valence-corrected chi connectivity index (χ3v) is 11.3. The Balaban J connectivity index is 1.26. The van der Waals surface area contributed by atoms with Crippen molar-refractivity contribution in [1.82, 2.24) is 19.7 Å². The number of morpholine rings is 1. The van der Waals surface area contributed by atoms with Crippen molar-refractivity contribution in [1.29, 1.82) is 0 Å². The number of rotatable bonds is 7. The molecule has 1 N–H and O–H groups in total. The molecule has 7 rings (SSSR count). The van der Waals surface area contributed by atoms with Crippen LogP contribution in [0.25, 0.3) is 11.1 Å². The molecular weight excluding hydrogens is 604 g/mol. The summed E-state index contributed by atoms with van der Waals surface area (Å²) in [6.07, 6.45) is 4.92. The summed E-state index contributed by atoms with van der Waals surface area (Å²) < 4.78 is 19.4. The standard InChI is InChI=1S/C39H50N4O5/c1-24-21-25(2)40-37(44)32(24)23-43-16-15-31-33(38(43)45)26(3)35-36(48-39(4,47-35)29-11-13-30(14-12-29)41(5)6)34(31)28-9-7-27(8-10-28)22-42-17-19-46-20-18-42/h7-10,21,29-30H,11-20,22-23H2,1-6H3,(H,40,44). The summed E-state index contributed by atoms with van der Waals surface area (Å²) in [6.45, 7) is 13.0. The summed E-state index contributed by atoms with van der Waals surface area (Å²) >= 11 is 0. The number of benzene rings is 2. The van der Waals surface area contributed by atoms with Gasteiger partial charge in [-0.1, -0.05) is 24.3 Å². The summed E-state index contributed by atoms with van der Waals surface area (Å²) in [7, 11) is 4.32. The maximum absolute atomic E-state index is 14.5. The van der Waals surface area contributed by atoms with Crippen molar-refractivity contribution in [3.63, 3.8) is 0 Å². The molecule has 1 saturated carbocycles. The number of aromatic nitrogens is 1. The van der Waals surface area contributed by atoms with E-state index in [1.54, 1.807) is 0 Å². The zero-order valence-corrected chi connectivity index (χ0v) is 29.4. The largest absolute Gasteiger partial charge is 0.448 e. The lowest BCUT2D eigenvalue weighted by atomic mass is 9.81. The molecule has 1 aromatic heterocycles. The summed E-state index contributed by atoms with van der Waals surface area (Å²) in [5.74, 6) is 0.804. The number of H-pyrrole nitrogens is 1. The second-order valence-electron chi connectivity index (χ2n) is 14.7. The average molecular weight is 655 g/mol. The molecule has 0 spiro atoms. The SMILES string of the molecule is Cc1cc(C)c(CN2CCc3c(c(C)c4c(c3-c3ccc(CN5CCOCC5)cc3)OC(C)(C3CCC(N(C)C)CC3)O4)C2=O)c(=O)[nH]1. The van der Waals surface area contributed by atoms with Gasteiger partial charge in [0, 0.05) is 67.4 Å². The smallest absolute Gasteiger partial charge is 0.254 e. The lowest BCUT2D eigenvalue weighted by Crippen LogP contribution is -2.46. The van der Waals surface area contributed by atoms with E-state index in [9.17, 15) is 9.59 Å². The van der Waals surface area contributed by atoms with Crippen LogP contribution in [0.1, 0.15) is 76.5 Å².